The number of ether oxygens (including phenoxy) is 1. The second-order valence-electron chi connectivity index (χ2n) is 9.56. The van der Waals surface area contributed by atoms with Gasteiger partial charge in [-0.05, 0) is 67.2 Å². The third-order valence-electron chi connectivity index (χ3n) is 6.55. The Labute approximate surface area is 250 Å². The molecule has 0 fully saturated rings. The van der Waals surface area contributed by atoms with Gasteiger partial charge in [-0.25, -0.2) is 4.98 Å². The average Bonchev–Trinajstić information content (AvgIpc) is 3.27. The van der Waals surface area contributed by atoms with Gasteiger partial charge in [0.2, 0.25) is 11.8 Å². The zero-order valence-electron chi connectivity index (χ0n) is 22.8. The van der Waals surface area contributed by atoms with Gasteiger partial charge in [0.15, 0.2) is 0 Å². The third-order valence-corrected chi connectivity index (χ3v) is 7.49. The highest BCUT2D eigenvalue weighted by Gasteiger charge is 2.21. The van der Waals surface area contributed by atoms with Crippen molar-refractivity contribution in [1.29, 1.82) is 0 Å². The predicted molar refractivity (Wildman–Crippen MR) is 167 cm³/mol. The van der Waals surface area contributed by atoms with Gasteiger partial charge in [0.25, 0.3) is 0 Å². The van der Waals surface area contributed by atoms with E-state index in [0.717, 1.165) is 58.1 Å². The number of nitrogens with one attached hydrogen (secondary N) is 1. The lowest BCUT2D eigenvalue weighted by atomic mass is 9.91. The normalized spacial score (nSPS) is 12.2. The summed E-state index contributed by atoms with van der Waals surface area (Å²) < 4.78 is 5.89. The molecular weight excluding hydrogens is 565 g/mol. The van der Waals surface area contributed by atoms with Crippen LogP contribution in [-0.4, -0.2) is 41.5 Å². The Kier molecular flexibility index (Phi) is 10.3. The number of H-pyrrole nitrogens is 1. The number of carbonyl (C=O) groups is 1. The van der Waals surface area contributed by atoms with Crippen molar-refractivity contribution < 1.29 is 9.53 Å². The largest absolute Gasteiger partial charge is 0.478 e. The van der Waals surface area contributed by atoms with Gasteiger partial charge >= 0.3 is 0 Å². The molecule has 1 N–H and O–H groups in total. The van der Waals surface area contributed by atoms with Crippen molar-refractivity contribution in [2.75, 3.05) is 20.7 Å². The van der Waals surface area contributed by atoms with Crippen molar-refractivity contribution in [3.05, 3.63) is 105 Å². The summed E-state index contributed by atoms with van der Waals surface area (Å²) in [5.41, 5.74) is 5.48. The van der Waals surface area contributed by atoms with E-state index >= 15 is 0 Å². The number of likely N-dealkylation sites (N-methyl/N-ethyl adjacent to an activating group) is 1. The van der Waals surface area contributed by atoms with E-state index in [1.165, 1.54) is 0 Å². The number of fused-ring (bicyclic) bond motifs is 1. The fourth-order valence-electron chi connectivity index (χ4n) is 4.47. The number of pyridine rings is 1. The first-order chi connectivity index (χ1) is 19.3. The van der Waals surface area contributed by atoms with Crippen LogP contribution in [0.4, 0.5) is 0 Å². The van der Waals surface area contributed by atoms with Gasteiger partial charge in [0.05, 0.1) is 17.3 Å². The maximum absolute atomic E-state index is 11.6. The Balaban J connectivity index is 1.60. The van der Waals surface area contributed by atoms with E-state index in [1.54, 1.807) is 31.1 Å². The molecule has 4 aromatic rings. The van der Waals surface area contributed by atoms with Gasteiger partial charge in [-0.1, -0.05) is 72.1 Å². The first-order valence-corrected chi connectivity index (χ1v) is 14.4. The zero-order valence-corrected chi connectivity index (χ0v) is 25.1. The summed E-state index contributed by atoms with van der Waals surface area (Å²) in [5.74, 6) is 0.541. The molecule has 0 unspecified atom stereocenters. The van der Waals surface area contributed by atoms with Crippen LogP contribution in [0.5, 0.6) is 5.88 Å². The van der Waals surface area contributed by atoms with Crippen molar-refractivity contribution in [3.8, 4) is 5.88 Å². The quantitative estimate of drug-likeness (QED) is 0.139. The van der Waals surface area contributed by atoms with Gasteiger partial charge in [0, 0.05) is 58.4 Å². The summed E-state index contributed by atoms with van der Waals surface area (Å²) in [6, 6.07) is 17.4. The Morgan fingerprint density at radius 3 is 2.52 bits per heavy atom. The van der Waals surface area contributed by atoms with Crippen LogP contribution in [0.3, 0.4) is 0 Å². The number of aromatic amines is 1. The highest BCUT2D eigenvalue weighted by atomic mass is 35.5. The molecule has 0 saturated carbocycles. The number of nitrogens with zero attached hydrogens (tertiary/aromatic N) is 2. The van der Waals surface area contributed by atoms with Crippen LogP contribution in [0.2, 0.25) is 15.1 Å². The van der Waals surface area contributed by atoms with Crippen molar-refractivity contribution >= 4 is 62.8 Å². The minimum absolute atomic E-state index is 0.00717. The van der Waals surface area contributed by atoms with E-state index in [-0.39, 0.29) is 5.91 Å². The first kappa shape index (κ1) is 29.7. The Morgan fingerprint density at radius 1 is 1.05 bits per heavy atom. The lowest BCUT2D eigenvalue weighted by Gasteiger charge is -2.17. The van der Waals surface area contributed by atoms with Crippen molar-refractivity contribution in [3.63, 3.8) is 0 Å². The summed E-state index contributed by atoms with van der Waals surface area (Å²) in [5, 5.41) is 2.74. The SMILES string of the molecule is CC/C(=C(/c1ccc(OCCCC/C=C/C(=O)N(C)C)nc1)c1[nH]c2ccccc2c1Cl)c1ccc(Cl)cc1Cl. The third kappa shape index (κ3) is 7.08. The number of aromatic nitrogens is 2. The minimum Gasteiger partial charge on any atom is -0.478 e. The predicted octanol–water partition coefficient (Wildman–Crippen LogP) is 9.09. The van der Waals surface area contributed by atoms with E-state index < -0.39 is 0 Å². The van der Waals surface area contributed by atoms with Crippen molar-refractivity contribution in [2.45, 2.75) is 32.6 Å². The number of para-hydroxylation sites is 1. The van der Waals surface area contributed by atoms with Crippen LogP contribution in [0.25, 0.3) is 22.0 Å². The van der Waals surface area contributed by atoms with E-state index in [1.807, 2.05) is 60.8 Å². The maximum atomic E-state index is 11.6. The van der Waals surface area contributed by atoms with Gasteiger partial charge < -0.3 is 14.6 Å². The van der Waals surface area contributed by atoms with E-state index in [2.05, 4.69) is 16.9 Å². The Morgan fingerprint density at radius 2 is 1.85 bits per heavy atom. The molecule has 5 nitrogen and oxygen atoms in total. The summed E-state index contributed by atoms with van der Waals surface area (Å²) in [7, 11) is 3.48. The topological polar surface area (TPSA) is 58.2 Å². The molecule has 0 aliphatic rings. The molecule has 4 rings (SSSR count). The molecular formula is C32H32Cl3N3O2. The summed E-state index contributed by atoms with van der Waals surface area (Å²) in [4.78, 5) is 21.3. The number of allylic oxidation sites excluding steroid dienone is 2. The van der Waals surface area contributed by atoms with Gasteiger partial charge in [0.1, 0.15) is 0 Å². The van der Waals surface area contributed by atoms with Crippen LogP contribution in [0.1, 0.15) is 49.4 Å². The fourth-order valence-corrected chi connectivity index (χ4v) is 5.30. The number of hydrogen-bond acceptors (Lipinski definition) is 3. The minimum atomic E-state index is -0.00717. The smallest absolute Gasteiger partial charge is 0.245 e. The van der Waals surface area contributed by atoms with Crippen LogP contribution in [-0.2, 0) is 4.79 Å². The van der Waals surface area contributed by atoms with Gasteiger partial charge in [-0.3, -0.25) is 4.79 Å². The van der Waals surface area contributed by atoms with Crippen molar-refractivity contribution in [2.24, 2.45) is 0 Å². The van der Waals surface area contributed by atoms with E-state index in [4.69, 9.17) is 39.5 Å². The highest BCUT2D eigenvalue weighted by Crippen LogP contribution is 2.42. The van der Waals surface area contributed by atoms with Gasteiger partial charge in [-0.2, -0.15) is 0 Å². The number of unbranched alkanes of at least 4 members (excludes halogenated alkanes) is 2. The summed E-state index contributed by atoms with van der Waals surface area (Å²) in [6.45, 7) is 2.63. The lowest BCUT2D eigenvalue weighted by molar-refractivity contribution is -0.123. The van der Waals surface area contributed by atoms with E-state index in [0.29, 0.717) is 34.0 Å². The lowest BCUT2D eigenvalue weighted by Crippen LogP contribution is -2.18. The molecule has 40 heavy (non-hydrogen) atoms. The molecule has 2 aromatic carbocycles. The first-order valence-electron chi connectivity index (χ1n) is 13.2. The molecule has 2 heterocycles. The highest BCUT2D eigenvalue weighted by molar-refractivity contribution is 6.38. The zero-order chi connectivity index (χ0) is 28.6. The standard InChI is InChI=1S/C32H32Cl3N3O2/c1-4-23(24-16-15-22(33)19-26(24)34)30(32-31(35)25-11-8-9-12-27(25)37-32)21-14-17-28(36-20-21)40-18-10-6-5-7-13-29(39)38(2)3/h7-9,11-17,19-20,37H,4-6,10,18H2,1-3H3/b13-7+,30-23+. The molecule has 0 saturated heterocycles. The summed E-state index contributed by atoms with van der Waals surface area (Å²) >= 11 is 19.8. The molecule has 2 aromatic heterocycles. The Hall–Kier alpha value is -3.25. The molecule has 0 atom stereocenters. The summed E-state index contributed by atoms with van der Waals surface area (Å²) in [6.07, 6.45) is 8.61. The average molecular weight is 597 g/mol. The van der Waals surface area contributed by atoms with Crippen LogP contribution in [0.15, 0.2) is 72.9 Å². The second kappa shape index (κ2) is 13.9. The van der Waals surface area contributed by atoms with Crippen molar-refractivity contribution in [1.82, 2.24) is 14.9 Å². The molecule has 0 spiro atoms. The number of halogens is 3. The molecule has 0 bridgehead atoms. The molecule has 8 heteroatoms. The maximum Gasteiger partial charge on any atom is 0.245 e. The van der Waals surface area contributed by atoms with Crippen LogP contribution in [0, 0.1) is 0 Å². The fraction of sp³-hybridized carbons (Fsp3) is 0.250. The molecule has 208 valence electrons. The molecule has 0 aliphatic carbocycles. The second-order valence-corrected chi connectivity index (χ2v) is 10.8. The number of hydrogen-bond donors (Lipinski definition) is 1. The molecule has 0 aliphatic heterocycles. The van der Waals surface area contributed by atoms with Gasteiger partial charge in [-0.15, -0.1) is 0 Å². The number of carbonyl (C=O) groups excluding carboxylic acids is 1. The number of amides is 1. The van der Waals surface area contributed by atoms with Crippen LogP contribution < -0.4 is 4.74 Å². The monoisotopic (exact) mass is 595 g/mol. The molecule has 1 amide bonds. The Bertz CT molecular complexity index is 1540. The van der Waals surface area contributed by atoms with E-state index in [9.17, 15) is 4.79 Å². The van der Waals surface area contributed by atoms with Crippen LogP contribution >= 0.6 is 34.8 Å². The molecule has 0 radical (unpaired) electrons. The number of rotatable bonds is 11. The number of benzene rings is 2.